The normalized spacial score (nSPS) is 18.7. The molecule has 0 fully saturated rings. The first kappa shape index (κ1) is 13.4. The minimum Gasteiger partial charge on any atom is -0.316 e. The van der Waals surface area contributed by atoms with Crippen LogP contribution in [0.4, 0.5) is 13.2 Å². The highest BCUT2D eigenvalue weighted by atomic mass is 19.4. The van der Waals surface area contributed by atoms with Gasteiger partial charge in [0.15, 0.2) is 0 Å². The Kier molecular flexibility index (Phi) is 3.01. The summed E-state index contributed by atoms with van der Waals surface area (Å²) >= 11 is 0. The molecule has 2 rings (SSSR count). The molecule has 0 N–H and O–H groups in total. The molecular formula is C13H11F3N2O. The van der Waals surface area contributed by atoms with Gasteiger partial charge >= 0.3 is 6.18 Å². The van der Waals surface area contributed by atoms with E-state index in [4.69, 9.17) is 5.26 Å². The van der Waals surface area contributed by atoms with Crippen molar-refractivity contribution in [2.24, 2.45) is 0 Å². The van der Waals surface area contributed by atoms with Crippen LogP contribution in [0.1, 0.15) is 41.4 Å². The average molecular weight is 268 g/mol. The Morgan fingerprint density at radius 2 is 2.00 bits per heavy atom. The van der Waals surface area contributed by atoms with Crippen molar-refractivity contribution in [2.75, 3.05) is 0 Å². The van der Waals surface area contributed by atoms with Crippen molar-refractivity contribution in [3.05, 3.63) is 34.9 Å². The molecule has 6 heteroatoms. The third-order valence-corrected chi connectivity index (χ3v) is 3.10. The number of carbonyl (C=O) groups is 1. The highest BCUT2D eigenvalue weighted by Gasteiger charge is 2.40. The van der Waals surface area contributed by atoms with Crippen molar-refractivity contribution in [2.45, 2.75) is 32.1 Å². The Labute approximate surface area is 108 Å². The first-order valence-electron chi connectivity index (χ1n) is 5.70. The Morgan fingerprint density at radius 3 is 2.47 bits per heavy atom. The van der Waals surface area contributed by atoms with Gasteiger partial charge in [-0.3, -0.25) is 4.79 Å². The lowest BCUT2D eigenvalue weighted by Crippen LogP contribution is -2.33. The Morgan fingerprint density at radius 1 is 1.37 bits per heavy atom. The number of nitrogens with zero attached hydrogens (tertiary/aromatic N) is 2. The molecule has 0 saturated carbocycles. The van der Waals surface area contributed by atoms with E-state index in [0.717, 1.165) is 18.2 Å². The lowest BCUT2D eigenvalue weighted by atomic mass is 10.0. The Balaban J connectivity index is 2.57. The molecule has 1 heterocycles. The SMILES string of the molecule is CC(C)N1C(=O)c2ccc(C(F)(F)F)cc2C1C#N. The number of benzene rings is 1. The summed E-state index contributed by atoms with van der Waals surface area (Å²) in [6.07, 6.45) is -4.48. The molecule has 100 valence electrons. The summed E-state index contributed by atoms with van der Waals surface area (Å²) in [7, 11) is 0. The van der Waals surface area contributed by atoms with Gasteiger partial charge < -0.3 is 4.90 Å². The van der Waals surface area contributed by atoms with Gasteiger partial charge in [0.1, 0.15) is 6.04 Å². The highest BCUT2D eigenvalue weighted by molar-refractivity contribution is 6.00. The molecule has 1 aliphatic heterocycles. The third-order valence-electron chi connectivity index (χ3n) is 3.10. The summed E-state index contributed by atoms with van der Waals surface area (Å²) in [6.45, 7) is 3.44. The number of hydrogen-bond acceptors (Lipinski definition) is 2. The maximum Gasteiger partial charge on any atom is 0.416 e. The third kappa shape index (κ3) is 2.05. The lowest BCUT2D eigenvalue weighted by molar-refractivity contribution is -0.137. The van der Waals surface area contributed by atoms with Crippen molar-refractivity contribution in [3.63, 3.8) is 0 Å². The summed E-state index contributed by atoms with van der Waals surface area (Å²) < 4.78 is 38.0. The van der Waals surface area contributed by atoms with Crippen molar-refractivity contribution >= 4 is 5.91 Å². The summed E-state index contributed by atoms with van der Waals surface area (Å²) in [5.41, 5.74) is -0.533. The lowest BCUT2D eigenvalue weighted by Gasteiger charge is -2.24. The van der Waals surface area contributed by atoms with Gasteiger partial charge in [0.05, 0.1) is 11.6 Å². The topological polar surface area (TPSA) is 44.1 Å². The van der Waals surface area contributed by atoms with Crippen LogP contribution >= 0.6 is 0 Å². The number of hydrogen-bond donors (Lipinski definition) is 0. The van der Waals surface area contributed by atoms with Crippen LogP contribution in [0.25, 0.3) is 0 Å². The minimum absolute atomic E-state index is 0.135. The fraction of sp³-hybridized carbons (Fsp3) is 0.385. The Bertz CT molecular complexity index is 572. The van der Waals surface area contributed by atoms with Gasteiger partial charge in [0.2, 0.25) is 0 Å². The first-order chi connectivity index (χ1) is 8.77. The molecule has 0 aromatic heterocycles. The first-order valence-corrected chi connectivity index (χ1v) is 5.70. The van der Waals surface area contributed by atoms with E-state index in [-0.39, 0.29) is 17.2 Å². The maximum atomic E-state index is 12.7. The molecule has 1 unspecified atom stereocenters. The Hall–Kier alpha value is -2.03. The molecule has 19 heavy (non-hydrogen) atoms. The zero-order chi connectivity index (χ0) is 14.4. The molecule has 0 bridgehead atoms. The van der Waals surface area contributed by atoms with Gasteiger partial charge in [-0.15, -0.1) is 0 Å². The van der Waals surface area contributed by atoms with Crippen LogP contribution in [0, 0.1) is 11.3 Å². The van der Waals surface area contributed by atoms with Crippen LogP contribution in [0.15, 0.2) is 18.2 Å². The van der Waals surface area contributed by atoms with E-state index in [1.165, 1.54) is 4.90 Å². The van der Waals surface area contributed by atoms with E-state index in [1.54, 1.807) is 13.8 Å². The summed E-state index contributed by atoms with van der Waals surface area (Å²) in [6, 6.07) is 3.60. The van der Waals surface area contributed by atoms with Gasteiger partial charge in [-0.2, -0.15) is 18.4 Å². The summed E-state index contributed by atoms with van der Waals surface area (Å²) in [4.78, 5) is 13.4. The highest BCUT2D eigenvalue weighted by Crippen LogP contribution is 2.38. The van der Waals surface area contributed by atoms with Gasteiger partial charge in [0.25, 0.3) is 5.91 Å². The summed E-state index contributed by atoms with van der Waals surface area (Å²) in [5, 5.41) is 9.12. The van der Waals surface area contributed by atoms with Crippen LogP contribution in [0.5, 0.6) is 0 Å². The van der Waals surface area contributed by atoms with E-state index in [2.05, 4.69) is 0 Å². The van der Waals surface area contributed by atoms with Crippen LogP contribution in [0.3, 0.4) is 0 Å². The van der Waals surface area contributed by atoms with Crippen molar-refractivity contribution in [1.82, 2.24) is 4.90 Å². The number of halogens is 3. The predicted molar refractivity (Wildman–Crippen MR) is 61.1 cm³/mol. The smallest absolute Gasteiger partial charge is 0.316 e. The molecule has 1 atom stereocenters. The second-order valence-corrected chi connectivity index (χ2v) is 4.64. The monoisotopic (exact) mass is 268 g/mol. The van der Waals surface area contributed by atoms with Crippen molar-refractivity contribution < 1.29 is 18.0 Å². The minimum atomic E-state index is -4.48. The number of rotatable bonds is 1. The molecule has 1 amide bonds. The van der Waals surface area contributed by atoms with Crippen LogP contribution in [-0.2, 0) is 6.18 Å². The molecule has 0 aliphatic carbocycles. The largest absolute Gasteiger partial charge is 0.416 e. The number of fused-ring (bicyclic) bond motifs is 1. The number of alkyl halides is 3. The number of nitriles is 1. The van der Waals surface area contributed by atoms with Crippen LogP contribution < -0.4 is 0 Å². The second-order valence-electron chi connectivity index (χ2n) is 4.64. The fourth-order valence-corrected chi connectivity index (χ4v) is 2.23. The molecule has 1 aromatic carbocycles. The van der Waals surface area contributed by atoms with E-state index >= 15 is 0 Å². The molecular weight excluding hydrogens is 257 g/mol. The van der Waals surface area contributed by atoms with Gasteiger partial charge in [-0.05, 0) is 32.0 Å². The molecule has 0 spiro atoms. The summed E-state index contributed by atoms with van der Waals surface area (Å²) in [5.74, 6) is -0.398. The van der Waals surface area contributed by atoms with E-state index < -0.39 is 23.7 Å². The van der Waals surface area contributed by atoms with Crippen LogP contribution in [0.2, 0.25) is 0 Å². The molecule has 1 aliphatic rings. The zero-order valence-corrected chi connectivity index (χ0v) is 10.3. The average Bonchev–Trinajstić information content (AvgIpc) is 2.60. The predicted octanol–water partition coefficient (Wildman–Crippen LogP) is 3.13. The number of carbonyl (C=O) groups excluding carboxylic acids is 1. The van der Waals surface area contributed by atoms with E-state index in [1.807, 2.05) is 6.07 Å². The van der Waals surface area contributed by atoms with Gasteiger partial charge in [0, 0.05) is 17.2 Å². The maximum absolute atomic E-state index is 12.7. The van der Waals surface area contributed by atoms with E-state index in [9.17, 15) is 18.0 Å². The van der Waals surface area contributed by atoms with Gasteiger partial charge in [-0.25, -0.2) is 0 Å². The van der Waals surface area contributed by atoms with Gasteiger partial charge in [-0.1, -0.05) is 0 Å². The quantitative estimate of drug-likeness (QED) is 0.785. The number of amides is 1. The molecule has 3 nitrogen and oxygen atoms in total. The van der Waals surface area contributed by atoms with Crippen LogP contribution in [-0.4, -0.2) is 16.8 Å². The zero-order valence-electron chi connectivity index (χ0n) is 10.3. The fourth-order valence-electron chi connectivity index (χ4n) is 2.23. The van der Waals surface area contributed by atoms with E-state index in [0.29, 0.717) is 0 Å². The van der Waals surface area contributed by atoms with Crippen molar-refractivity contribution in [3.8, 4) is 6.07 Å². The molecule has 0 radical (unpaired) electrons. The molecule has 1 aromatic rings. The molecule has 0 saturated heterocycles. The van der Waals surface area contributed by atoms with Crippen molar-refractivity contribution in [1.29, 1.82) is 5.26 Å². The standard InChI is InChI=1S/C13H11F3N2O/c1-7(2)18-11(6-17)10-5-8(13(14,15)16)3-4-9(10)12(18)19/h3-5,7,11H,1-2H3. The second kappa shape index (κ2) is 4.26.